The van der Waals surface area contributed by atoms with E-state index in [9.17, 15) is 4.79 Å². The van der Waals surface area contributed by atoms with Crippen molar-refractivity contribution in [3.8, 4) is 17.2 Å². The number of imidazole rings is 1. The molecule has 0 bridgehead atoms. The first kappa shape index (κ1) is 26.6. The number of aliphatic imine (C=N–C) groups is 1. The summed E-state index contributed by atoms with van der Waals surface area (Å²) in [5.41, 5.74) is 7.56. The fourth-order valence-corrected chi connectivity index (χ4v) is 5.69. The number of nitrogens with zero attached hydrogens (tertiary/aromatic N) is 3. The van der Waals surface area contributed by atoms with Gasteiger partial charge in [0, 0.05) is 18.2 Å². The van der Waals surface area contributed by atoms with Gasteiger partial charge in [0.1, 0.15) is 24.0 Å². The Balaban J connectivity index is 1.38. The summed E-state index contributed by atoms with van der Waals surface area (Å²) in [5.74, 6) is 1.83. The lowest BCUT2D eigenvalue weighted by Crippen LogP contribution is -2.32. The van der Waals surface area contributed by atoms with Crippen LogP contribution in [0.1, 0.15) is 40.6 Å². The van der Waals surface area contributed by atoms with Crippen molar-refractivity contribution in [2.45, 2.75) is 39.7 Å². The van der Waals surface area contributed by atoms with Gasteiger partial charge >= 0.3 is 0 Å². The highest BCUT2D eigenvalue weighted by Crippen LogP contribution is 2.32. The Morgan fingerprint density at radius 2 is 1.76 bits per heavy atom. The molecule has 0 amide bonds. The first-order chi connectivity index (χ1) is 19.9. The predicted octanol–water partition coefficient (Wildman–Crippen LogP) is 6.09. The molecule has 3 aromatic carbocycles. The number of fused-ring (bicyclic) bond motifs is 4. The first-order valence-corrected chi connectivity index (χ1v) is 13.9. The van der Waals surface area contributed by atoms with Crippen LogP contribution in [0.5, 0.6) is 17.2 Å². The maximum atomic E-state index is 13.6. The molecule has 0 aliphatic carbocycles. The van der Waals surface area contributed by atoms with E-state index >= 15 is 0 Å². The van der Waals surface area contributed by atoms with Crippen molar-refractivity contribution >= 4 is 27.9 Å². The van der Waals surface area contributed by atoms with Crippen LogP contribution in [0.3, 0.4) is 0 Å². The number of methoxy groups -OCH3 is 2. The fraction of sp³-hybridized carbons (Fsp3) is 0.265. The summed E-state index contributed by atoms with van der Waals surface area (Å²) in [7, 11) is 3.22. The number of carbonyl (C=O) groups excluding carboxylic acids is 1. The summed E-state index contributed by atoms with van der Waals surface area (Å²) in [6, 6.07) is 19.3. The van der Waals surface area contributed by atoms with E-state index in [2.05, 4.69) is 42.6 Å². The largest absolute Gasteiger partial charge is 0.493 e. The van der Waals surface area contributed by atoms with Gasteiger partial charge in [-0.1, -0.05) is 37.3 Å². The molecular weight excluding hydrogens is 514 g/mol. The SMILES string of the molecule is CCc1cc2nc3c(n2cc1C)C(c1ccc(OC)c(OC)c1)=NC(C(=O)COc1ccc2ccccc2c1C)C3. The van der Waals surface area contributed by atoms with Crippen LogP contribution in [0.2, 0.25) is 0 Å². The summed E-state index contributed by atoms with van der Waals surface area (Å²) in [6.45, 7) is 6.20. The molecule has 0 N–H and O–H groups in total. The molecule has 1 aliphatic heterocycles. The van der Waals surface area contributed by atoms with E-state index in [4.69, 9.17) is 24.2 Å². The van der Waals surface area contributed by atoms with Gasteiger partial charge in [-0.15, -0.1) is 0 Å². The number of ketones is 1. The topological polar surface area (TPSA) is 74.4 Å². The van der Waals surface area contributed by atoms with Crippen LogP contribution < -0.4 is 14.2 Å². The standard InChI is InChI=1S/C34H33N3O4/c1-6-22-16-32-35-27-17-26(28(38)19-41-29-13-11-23-9-7-8-10-25(23)21(29)3)36-33(34(27)37(32)18-20(22)2)24-12-14-30(39-4)31(15-24)40-5/h7-16,18,26H,6,17,19H2,1-5H3. The Bertz CT molecular complexity index is 1840. The lowest BCUT2D eigenvalue weighted by molar-refractivity contribution is -0.122. The smallest absolute Gasteiger partial charge is 0.194 e. The molecule has 0 saturated heterocycles. The lowest BCUT2D eigenvalue weighted by atomic mass is 9.96. The number of aryl methyl sites for hydroxylation is 3. The van der Waals surface area contributed by atoms with Gasteiger partial charge in [0.05, 0.1) is 31.3 Å². The average Bonchev–Trinajstić information content (AvgIpc) is 3.36. The van der Waals surface area contributed by atoms with Crippen molar-refractivity contribution in [2.24, 2.45) is 4.99 Å². The minimum absolute atomic E-state index is 0.0750. The Morgan fingerprint density at radius 1 is 0.976 bits per heavy atom. The Morgan fingerprint density at radius 3 is 2.54 bits per heavy atom. The van der Waals surface area contributed by atoms with E-state index in [0.717, 1.165) is 45.4 Å². The minimum atomic E-state index is -0.622. The van der Waals surface area contributed by atoms with Gasteiger partial charge in [0.25, 0.3) is 0 Å². The van der Waals surface area contributed by atoms with Crippen LogP contribution in [0.15, 0.2) is 71.9 Å². The first-order valence-electron chi connectivity index (χ1n) is 13.9. The van der Waals surface area contributed by atoms with E-state index in [-0.39, 0.29) is 12.4 Å². The lowest BCUT2D eigenvalue weighted by Gasteiger charge is -2.21. The monoisotopic (exact) mass is 547 g/mol. The molecule has 208 valence electrons. The van der Waals surface area contributed by atoms with Crippen LogP contribution in [-0.4, -0.2) is 47.7 Å². The number of ether oxygens (including phenoxy) is 3. The van der Waals surface area contributed by atoms with Crippen molar-refractivity contribution < 1.29 is 19.0 Å². The molecule has 2 aromatic heterocycles. The molecule has 0 spiro atoms. The summed E-state index contributed by atoms with van der Waals surface area (Å²) < 4.78 is 19.2. The van der Waals surface area contributed by atoms with Crippen molar-refractivity contribution in [1.82, 2.24) is 9.38 Å². The van der Waals surface area contributed by atoms with E-state index < -0.39 is 6.04 Å². The highest BCUT2D eigenvalue weighted by molar-refractivity contribution is 6.15. The highest BCUT2D eigenvalue weighted by Gasteiger charge is 2.31. The normalized spacial score (nSPS) is 14.6. The molecule has 1 atom stereocenters. The average molecular weight is 548 g/mol. The van der Waals surface area contributed by atoms with Crippen LogP contribution in [0, 0.1) is 13.8 Å². The van der Waals surface area contributed by atoms with Gasteiger partial charge in [-0.05, 0) is 78.1 Å². The molecule has 1 unspecified atom stereocenters. The minimum Gasteiger partial charge on any atom is -0.493 e. The maximum absolute atomic E-state index is 13.6. The second-order valence-electron chi connectivity index (χ2n) is 10.4. The molecule has 3 heterocycles. The van der Waals surface area contributed by atoms with Crippen LogP contribution in [0.4, 0.5) is 0 Å². The highest BCUT2D eigenvalue weighted by atomic mass is 16.5. The number of Topliss-reactive ketones (excluding diaryl/α,β-unsaturated/α-hetero) is 1. The maximum Gasteiger partial charge on any atom is 0.194 e. The van der Waals surface area contributed by atoms with E-state index in [1.165, 1.54) is 11.1 Å². The summed E-state index contributed by atoms with van der Waals surface area (Å²) >= 11 is 0. The van der Waals surface area contributed by atoms with Gasteiger partial charge < -0.3 is 14.2 Å². The third kappa shape index (κ3) is 4.71. The van der Waals surface area contributed by atoms with Gasteiger partial charge in [-0.3, -0.25) is 14.2 Å². The van der Waals surface area contributed by atoms with Gasteiger partial charge in [-0.2, -0.15) is 0 Å². The number of carbonyl (C=O) groups is 1. The van der Waals surface area contributed by atoms with E-state index in [1.807, 2.05) is 49.4 Å². The molecule has 0 radical (unpaired) electrons. The third-order valence-corrected chi connectivity index (χ3v) is 7.97. The Labute approximate surface area is 239 Å². The van der Waals surface area contributed by atoms with Crippen molar-refractivity contribution in [3.63, 3.8) is 0 Å². The van der Waals surface area contributed by atoms with Gasteiger partial charge in [0.15, 0.2) is 17.3 Å². The van der Waals surface area contributed by atoms with Gasteiger partial charge in [0.2, 0.25) is 0 Å². The Hall–Kier alpha value is -4.65. The van der Waals surface area contributed by atoms with E-state index in [0.29, 0.717) is 29.4 Å². The van der Waals surface area contributed by atoms with Crippen molar-refractivity contribution in [3.05, 3.63) is 101 Å². The summed E-state index contributed by atoms with van der Waals surface area (Å²) in [6.07, 6.45) is 3.44. The zero-order valence-electron chi connectivity index (χ0n) is 24.0. The molecule has 0 fully saturated rings. The van der Waals surface area contributed by atoms with Crippen LogP contribution in [-0.2, 0) is 17.6 Å². The summed E-state index contributed by atoms with van der Waals surface area (Å²) in [5, 5.41) is 2.25. The summed E-state index contributed by atoms with van der Waals surface area (Å²) in [4.78, 5) is 23.6. The predicted molar refractivity (Wildman–Crippen MR) is 161 cm³/mol. The zero-order chi connectivity index (χ0) is 28.7. The molecule has 0 saturated carbocycles. The third-order valence-electron chi connectivity index (χ3n) is 7.97. The molecule has 7 heteroatoms. The van der Waals surface area contributed by atoms with Crippen molar-refractivity contribution in [2.75, 3.05) is 20.8 Å². The fourth-order valence-electron chi connectivity index (χ4n) is 5.69. The zero-order valence-corrected chi connectivity index (χ0v) is 24.0. The van der Waals surface area contributed by atoms with Crippen molar-refractivity contribution in [1.29, 1.82) is 0 Å². The number of benzene rings is 3. The number of aromatic nitrogens is 2. The quantitative estimate of drug-likeness (QED) is 0.235. The number of pyridine rings is 1. The molecule has 6 rings (SSSR count). The number of rotatable bonds is 8. The molecule has 7 nitrogen and oxygen atoms in total. The van der Waals surface area contributed by atoms with Crippen LogP contribution in [0.25, 0.3) is 16.4 Å². The van der Waals surface area contributed by atoms with E-state index in [1.54, 1.807) is 14.2 Å². The number of hydrogen-bond acceptors (Lipinski definition) is 6. The second-order valence-corrected chi connectivity index (χ2v) is 10.4. The molecule has 41 heavy (non-hydrogen) atoms. The van der Waals surface area contributed by atoms with Gasteiger partial charge in [-0.25, -0.2) is 4.98 Å². The second kappa shape index (κ2) is 10.7. The molecule has 1 aliphatic rings. The Kier molecular flexibility index (Phi) is 6.95. The number of hydrogen-bond donors (Lipinski definition) is 0. The molecular formula is C34H33N3O4. The van der Waals surface area contributed by atoms with Crippen LogP contribution >= 0.6 is 0 Å². The molecule has 5 aromatic rings.